The van der Waals surface area contributed by atoms with Crippen LogP contribution in [0.5, 0.6) is 0 Å². The number of nitrogens with zero attached hydrogens (tertiary/aromatic N) is 2. The second kappa shape index (κ2) is 6.06. The first kappa shape index (κ1) is 15.4. The van der Waals surface area contributed by atoms with Gasteiger partial charge in [0.2, 0.25) is 5.90 Å². The third kappa shape index (κ3) is 2.76. The molecule has 3 aromatic rings. The van der Waals surface area contributed by atoms with E-state index in [9.17, 15) is 4.79 Å². The van der Waals surface area contributed by atoms with E-state index in [0.717, 1.165) is 34.5 Å². The van der Waals surface area contributed by atoms with Crippen LogP contribution in [0.1, 0.15) is 32.7 Å². The lowest BCUT2D eigenvalue weighted by molar-refractivity contribution is 0.0717. The molecule has 0 fully saturated rings. The van der Waals surface area contributed by atoms with E-state index in [-0.39, 0.29) is 5.97 Å². The average Bonchev–Trinajstić information content (AvgIpc) is 2.87. The number of ether oxygens (including phenoxy) is 1. The summed E-state index contributed by atoms with van der Waals surface area (Å²) in [5.41, 5.74) is 5.35. The van der Waals surface area contributed by atoms with Crippen LogP contribution < -0.4 is 0 Å². The number of esters is 1. The van der Waals surface area contributed by atoms with Crippen molar-refractivity contribution in [2.75, 3.05) is 0 Å². The number of carbonyl (C=O) groups is 1. The van der Waals surface area contributed by atoms with Gasteiger partial charge in [0.05, 0.1) is 11.3 Å². The molecule has 1 aliphatic rings. The maximum absolute atomic E-state index is 12.7. The van der Waals surface area contributed by atoms with Crippen molar-refractivity contribution in [3.05, 3.63) is 88.7 Å². The highest BCUT2D eigenvalue weighted by molar-refractivity contribution is 6.07. The standard InChI is InChI=1S/C21H18N2O2/c1-14-17(11-12-23(14)2)21(24)25-20-18-9-5-3-7-15(18)13-16-8-4-6-10-19(16)22-20/h3-12H,13H2,1-2H3. The molecule has 0 N–H and O–H groups in total. The first-order valence-corrected chi connectivity index (χ1v) is 8.22. The lowest BCUT2D eigenvalue weighted by Gasteiger charge is -2.09. The van der Waals surface area contributed by atoms with E-state index in [1.54, 1.807) is 6.07 Å². The molecule has 0 aliphatic carbocycles. The van der Waals surface area contributed by atoms with Crippen LogP contribution in [-0.4, -0.2) is 16.4 Å². The summed E-state index contributed by atoms with van der Waals surface area (Å²) in [5.74, 6) is -0.0279. The fourth-order valence-corrected chi connectivity index (χ4v) is 3.07. The number of hydrogen-bond donors (Lipinski definition) is 0. The molecule has 25 heavy (non-hydrogen) atoms. The van der Waals surface area contributed by atoms with Crippen LogP contribution in [0.15, 0.2) is 65.8 Å². The van der Waals surface area contributed by atoms with Crippen molar-refractivity contribution in [3.63, 3.8) is 0 Å². The smallest absolute Gasteiger partial charge is 0.346 e. The van der Waals surface area contributed by atoms with Crippen LogP contribution >= 0.6 is 0 Å². The van der Waals surface area contributed by atoms with Gasteiger partial charge in [0, 0.05) is 30.9 Å². The predicted molar refractivity (Wildman–Crippen MR) is 97.5 cm³/mol. The summed E-state index contributed by atoms with van der Waals surface area (Å²) >= 11 is 0. The lowest BCUT2D eigenvalue weighted by atomic mass is 10.0. The number of aliphatic imine (C=N–C) groups is 1. The van der Waals surface area contributed by atoms with E-state index in [1.165, 1.54) is 0 Å². The molecule has 1 aliphatic heterocycles. The third-order valence-corrected chi connectivity index (χ3v) is 4.64. The van der Waals surface area contributed by atoms with E-state index in [1.807, 2.05) is 61.1 Å². The van der Waals surface area contributed by atoms with Crippen LogP contribution in [0.2, 0.25) is 0 Å². The topological polar surface area (TPSA) is 43.6 Å². The Morgan fingerprint density at radius 2 is 1.76 bits per heavy atom. The lowest BCUT2D eigenvalue weighted by Crippen LogP contribution is -2.15. The van der Waals surface area contributed by atoms with Crippen molar-refractivity contribution in [2.45, 2.75) is 13.3 Å². The first-order chi connectivity index (χ1) is 12.1. The van der Waals surface area contributed by atoms with Gasteiger partial charge in [-0.05, 0) is 36.2 Å². The number of hydrogen-bond acceptors (Lipinski definition) is 3. The summed E-state index contributed by atoms with van der Waals surface area (Å²) in [4.78, 5) is 17.3. The van der Waals surface area contributed by atoms with Gasteiger partial charge in [-0.3, -0.25) is 0 Å². The molecular weight excluding hydrogens is 312 g/mol. The molecule has 0 amide bonds. The molecule has 124 valence electrons. The van der Waals surface area contributed by atoms with Gasteiger partial charge in [0.15, 0.2) is 0 Å². The number of aromatic nitrogens is 1. The molecule has 0 saturated carbocycles. The normalized spacial score (nSPS) is 12.6. The second-order valence-corrected chi connectivity index (χ2v) is 6.19. The zero-order valence-corrected chi connectivity index (χ0v) is 14.2. The number of aryl methyl sites for hydroxylation is 1. The summed E-state index contributed by atoms with van der Waals surface area (Å²) in [7, 11) is 1.90. The minimum absolute atomic E-state index is 0.355. The third-order valence-electron chi connectivity index (χ3n) is 4.64. The molecule has 4 rings (SSSR count). The molecule has 0 unspecified atom stereocenters. The SMILES string of the molecule is Cc1c(C(=O)OC2=Nc3ccccc3Cc3ccccc32)ccn1C. The van der Waals surface area contributed by atoms with Gasteiger partial charge in [0.1, 0.15) is 0 Å². The molecule has 0 spiro atoms. The summed E-state index contributed by atoms with van der Waals surface area (Å²) < 4.78 is 7.63. The van der Waals surface area contributed by atoms with E-state index in [0.29, 0.717) is 11.5 Å². The number of rotatable bonds is 1. The van der Waals surface area contributed by atoms with Crippen LogP contribution in [0.4, 0.5) is 5.69 Å². The molecule has 2 heterocycles. The average molecular weight is 330 g/mol. The number of benzene rings is 2. The maximum Gasteiger partial charge on any atom is 0.346 e. The molecule has 0 atom stereocenters. The van der Waals surface area contributed by atoms with Crippen molar-refractivity contribution >= 4 is 17.6 Å². The second-order valence-electron chi connectivity index (χ2n) is 6.19. The molecule has 1 aromatic heterocycles. The van der Waals surface area contributed by atoms with Crippen LogP contribution in [0, 0.1) is 6.92 Å². The van der Waals surface area contributed by atoms with Gasteiger partial charge in [-0.15, -0.1) is 0 Å². The molecule has 4 heteroatoms. The Morgan fingerprint density at radius 1 is 1.04 bits per heavy atom. The number of carbonyl (C=O) groups excluding carboxylic acids is 1. The molecule has 0 saturated heterocycles. The number of para-hydroxylation sites is 1. The van der Waals surface area contributed by atoms with Gasteiger partial charge in [0.25, 0.3) is 0 Å². The minimum Gasteiger partial charge on any atom is -0.403 e. The fourth-order valence-electron chi connectivity index (χ4n) is 3.07. The largest absolute Gasteiger partial charge is 0.403 e. The van der Waals surface area contributed by atoms with E-state index in [4.69, 9.17) is 4.74 Å². The fraction of sp³-hybridized carbons (Fsp3) is 0.143. The van der Waals surface area contributed by atoms with Crippen molar-refractivity contribution in [3.8, 4) is 0 Å². The highest BCUT2D eigenvalue weighted by atomic mass is 16.5. The van der Waals surface area contributed by atoms with E-state index in [2.05, 4.69) is 17.1 Å². The van der Waals surface area contributed by atoms with Crippen molar-refractivity contribution in [1.82, 2.24) is 4.57 Å². The zero-order valence-electron chi connectivity index (χ0n) is 14.2. The summed E-state index contributed by atoms with van der Waals surface area (Å²) in [6.07, 6.45) is 2.62. The Kier molecular flexibility index (Phi) is 3.73. The Labute approximate surface area is 146 Å². The van der Waals surface area contributed by atoms with Crippen molar-refractivity contribution in [1.29, 1.82) is 0 Å². The Hall–Kier alpha value is -3.14. The summed E-state index contributed by atoms with van der Waals surface area (Å²) in [5, 5.41) is 0. The molecule has 4 nitrogen and oxygen atoms in total. The summed E-state index contributed by atoms with van der Waals surface area (Å²) in [6, 6.07) is 17.7. The maximum atomic E-state index is 12.7. The van der Waals surface area contributed by atoms with Gasteiger partial charge in [-0.25, -0.2) is 9.79 Å². The van der Waals surface area contributed by atoms with Gasteiger partial charge < -0.3 is 9.30 Å². The van der Waals surface area contributed by atoms with Gasteiger partial charge >= 0.3 is 5.97 Å². The van der Waals surface area contributed by atoms with Crippen LogP contribution in [-0.2, 0) is 18.2 Å². The Balaban J connectivity index is 1.78. The van der Waals surface area contributed by atoms with Crippen LogP contribution in [0.3, 0.4) is 0 Å². The highest BCUT2D eigenvalue weighted by Crippen LogP contribution is 2.29. The first-order valence-electron chi connectivity index (χ1n) is 8.22. The monoisotopic (exact) mass is 330 g/mol. The van der Waals surface area contributed by atoms with Crippen LogP contribution in [0.25, 0.3) is 0 Å². The number of fused-ring (bicyclic) bond motifs is 2. The Bertz CT molecular complexity index is 999. The van der Waals surface area contributed by atoms with E-state index >= 15 is 0 Å². The van der Waals surface area contributed by atoms with Gasteiger partial charge in [-0.2, -0.15) is 0 Å². The molecular formula is C21H18N2O2. The molecule has 0 bridgehead atoms. The zero-order chi connectivity index (χ0) is 17.4. The molecule has 2 aromatic carbocycles. The molecule has 0 radical (unpaired) electrons. The quantitative estimate of drug-likeness (QED) is 0.628. The van der Waals surface area contributed by atoms with E-state index < -0.39 is 0 Å². The van der Waals surface area contributed by atoms with Crippen molar-refractivity contribution in [2.24, 2.45) is 12.0 Å². The Morgan fingerprint density at radius 3 is 2.52 bits per heavy atom. The van der Waals surface area contributed by atoms with Crippen molar-refractivity contribution < 1.29 is 9.53 Å². The predicted octanol–water partition coefficient (Wildman–Crippen LogP) is 4.17. The minimum atomic E-state index is -0.383. The highest BCUT2D eigenvalue weighted by Gasteiger charge is 2.22. The summed E-state index contributed by atoms with van der Waals surface area (Å²) in [6.45, 7) is 1.90. The van der Waals surface area contributed by atoms with Gasteiger partial charge in [-0.1, -0.05) is 36.4 Å².